The topological polar surface area (TPSA) is 32.8 Å². The minimum atomic E-state index is -0.0147. The summed E-state index contributed by atoms with van der Waals surface area (Å²) in [4.78, 5) is 4.98. The van der Waals surface area contributed by atoms with Gasteiger partial charge in [0, 0.05) is 32.9 Å². The first-order chi connectivity index (χ1) is 28.5. The summed E-state index contributed by atoms with van der Waals surface area (Å²) in [5.74, 6) is 0. The van der Waals surface area contributed by atoms with Gasteiger partial charge in [-0.2, -0.15) is 0 Å². The van der Waals surface area contributed by atoms with E-state index in [1.54, 1.807) is 0 Å². The lowest BCUT2D eigenvalue weighted by atomic mass is 9.33. The molecule has 0 bridgehead atoms. The molecule has 0 unspecified atom stereocenters. The Morgan fingerprint density at radius 2 is 0.931 bits per heavy atom. The van der Waals surface area contributed by atoms with E-state index in [4.69, 9.17) is 8.83 Å². The quantitative estimate of drug-likeness (QED) is 0.165. The van der Waals surface area contributed by atoms with Crippen molar-refractivity contribution in [2.75, 3.05) is 9.80 Å². The van der Waals surface area contributed by atoms with Crippen molar-refractivity contribution >= 4 is 123 Å². The van der Waals surface area contributed by atoms with Crippen LogP contribution in [-0.2, 0) is 0 Å². The van der Waals surface area contributed by atoms with Crippen LogP contribution >= 0.6 is 0 Å². The zero-order chi connectivity index (χ0) is 38.4. The number of anilines is 6. The van der Waals surface area contributed by atoms with Crippen LogP contribution in [0.4, 0.5) is 34.1 Å². The third-order valence-electron chi connectivity index (χ3n) is 12.8. The van der Waals surface area contributed by atoms with E-state index >= 15 is 0 Å². The van der Waals surface area contributed by atoms with Gasteiger partial charge in [-0.1, -0.05) is 107 Å². The number of hydrogen-bond donors (Lipinski definition) is 0. The number of nitrogens with zero attached hydrogens (tertiary/aromatic N) is 2. The molecule has 0 atom stereocenters. The fraction of sp³-hybridized carbons (Fsp3) is 0.0566. The highest BCUT2D eigenvalue weighted by atomic mass is 16.3. The molecule has 0 fully saturated rings. The molecular formula is C53H35BN2O2. The Morgan fingerprint density at radius 1 is 0.397 bits per heavy atom. The van der Waals surface area contributed by atoms with Gasteiger partial charge in [0.1, 0.15) is 22.3 Å². The van der Waals surface area contributed by atoms with Gasteiger partial charge in [0.15, 0.2) is 0 Å². The van der Waals surface area contributed by atoms with Crippen LogP contribution in [0.25, 0.3) is 65.4 Å². The minimum absolute atomic E-state index is 0.0147. The van der Waals surface area contributed by atoms with Gasteiger partial charge in [-0.15, -0.1) is 0 Å². The predicted molar refractivity (Wildman–Crippen MR) is 244 cm³/mol. The van der Waals surface area contributed by atoms with Crippen molar-refractivity contribution in [2.45, 2.75) is 20.8 Å². The molecule has 9 aromatic carbocycles. The summed E-state index contributed by atoms with van der Waals surface area (Å²) in [6.45, 7) is 6.73. The lowest BCUT2D eigenvalue weighted by Crippen LogP contribution is -2.59. The number of para-hydroxylation sites is 3. The minimum Gasteiger partial charge on any atom is -0.456 e. The molecule has 13 rings (SSSR count). The maximum Gasteiger partial charge on any atom is 0.247 e. The van der Waals surface area contributed by atoms with E-state index in [1.807, 2.05) is 0 Å². The number of hydrogen-bond acceptors (Lipinski definition) is 4. The lowest BCUT2D eigenvalue weighted by molar-refractivity contribution is 0.669. The summed E-state index contributed by atoms with van der Waals surface area (Å²) in [6.07, 6.45) is 0. The first-order valence-electron chi connectivity index (χ1n) is 20.1. The van der Waals surface area contributed by atoms with Crippen molar-refractivity contribution in [1.29, 1.82) is 0 Å². The number of fused-ring (bicyclic) bond motifs is 12. The van der Waals surface area contributed by atoms with Crippen LogP contribution in [0.15, 0.2) is 167 Å². The maximum atomic E-state index is 6.78. The molecule has 4 nitrogen and oxygen atoms in total. The van der Waals surface area contributed by atoms with E-state index < -0.39 is 0 Å². The SMILES string of the molecule is Cc1cc(C)c(B2c3cc4oc5cc6ccccc6cc5c4cc3N3c4ccccc4N(c4ccc5oc6cc7ccccc7cc6c5c4)c4cccc2c43)c(C)c1. The molecule has 0 saturated carbocycles. The zero-order valence-electron chi connectivity index (χ0n) is 32.3. The normalized spacial score (nSPS) is 13.3. The van der Waals surface area contributed by atoms with Gasteiger partial charge in [-0.05, 0) is 126 Å². The van der Waals surface area contributed by atoms with Crippen LogP contribution in [-0.4, -0.2) is 6.71 Å². The van der Waals surface area contributed by atoms with E-state index in [0.717, 1.165) is 66.6 Å². The van der Waals surface area contributed by atoms with Gasteiger partial charge in [-0.3, -0.25) is 0 Å². The van der Waals surface area contributed by atoms with Crippen LogP contribution in [0.1, 0.15) is 16.7 Å². The van der Waals surface area contributed by atoms with Crippen LogP contribution in [0.2, 0.25) is 0 Å². The Labute approximate surface area is 335 Å². The highest BCUT2D eigenvalue weighted by Gasteiger charge is 2.43. The van der Waals surface area contributed by atoms with Gasteiger partial charge >= 0.3 is 0 Å². The second-order valence-electron chi connectivity index (χ2n) is 16.3. The number of rotatable bonds is 2. The summed E-state index contributed by atoms with van der Waals surface area (Å²) >= 11 is 0. The van der Waals surface area contributed by atoms with Crippen LogP contribution in [0, 0.1) is 20.8 Å². The first kappa shape index (κ1) is 31.9. The molecule has 0 amide bonds. The average Bonchev–Trinajstić information content (AvgIpc) is 3.77. The third kappa shape index (κ3) is 4.30. The number of furan rings is 2. The molecule has 2 aromatic heterocycles. The highest BCUT2D eigenvalue weighted by Crippen LogP contribution is 2.55. The standard InChI is InChI=1S/C53H35BN2O2/c1-30-21-31(2)52(32(3)22-30)54-42-15-10-18-46-53(42)56(47-28-41-39-24-34-12-5-7-14-36(34)26-50(39)58-51(41)29-43(47)54)45-17-9-8-16-44(45)55(46)37-19-20-48-40(27-37)38-23-33-11-4-6-13-35(33)25-49(38)57-48/h4-29H,1-3H3. The fourth-order valence-electron chi connectivity index (χ4n) is 10.5. The Hall–Kier alpha value is -7.24. The first-order valence-corrected chi connectivity index (χ1v) is 20.1. The molecule has 11 aromatic rings. The van der Waals surface area contributed by atoms with Gasteiger partial charge in [-0.25, -0.2) is 0 Å². The second-order valence-corrected chi connectivity index (χ2v) is 16.3. The Kier molecular flexibility index (Phi) is 6.29. The molecule has 4 heterocycles. The zero-order valence-corrected chi connectivity index (χ0v) is 32.3. The Morgan fingerprint density at radius 3 is 1.60 bits per heavy atom. The van der Waals surface area contributed by atoms with E-state index in [9.17, 15) is 0 Å². The molecule has 5 heteroatoms. The van der Waals surface area contributed by atoms with Gasteiger partial charge in [0.2, 0.25) is 6.71 Å². The van der Waals surface area contributed by atoms with E-state index in [1.165, 1.54) is 66.0 Å². The highest BCUT2D eigenvalue weighted by molar-refractivity contribution is 6.98. The predicted octanol–water partition coefficient (Wildman–Crippen LogP) is 12.8. The van der Waals surface area contributed by atoms with Crippen molar-refractivity contribution in [3.8, 4) is 0 Å². The third-order valence-corrected chi connectivity index (χ3v) is 12.8. The van der Waals surface area contributed by atoms with Crippen LogP contribution in [0.3, 0.4) is 0 Å². The monoisotopic (exact) mass is 742 g/mol. The molecule has 2 aliphatic rings. The Bertz CT molecular complexity index is 3570. The number of aryl methyl sites for hydroxylation is 3. The molecule has 0 N–H and O–H groups in total. The summed E-state index contributed by atoms with van der Waals surface area (Å²) in [5, 5.41) is 9.27. The van der Waals surface area contributed by atoms with Gasteiger partial charge in [0.05, 0.1) is 22.7 Å². The van der Waals surface area contributed by atoms with E-state index in [0.29, 0.717) is 0 Å². The molecule has 0 radical (unpaired) electrons. The molecule has 0 spiro atoms. The van der Waals surface area contributed by atoms with Crippen molar-refractivity contribution in [2.24, 2.45) is 0 Å². The number of benzene rings is 9. The van der Waals surface area contributed by atoms with Crippen molar-refractivity contribution in [1.82, 2.24) is 0 Å². The molecule has 0 saturated heterocycles. The second kappa shape index (κ2) is 11.4. The molecular weight excluding hydrogens is 707 g/mol. The van der Waals surface area contributed by atoms with Crippen molar-refractivity contribution in [3.63, 3.8) is 0 Å². The van der Waals surface area contributed by atoms with Crippen molar-refractivity contribution in [3.05, 3.63) is 174 Å². The summed E-state index contributed by atoms with van der Waals surface area (Å²) < 4.78 is 13.3. The van der Waals surface area contributed by atoms with Crippen LogP contribution in [0.5, 0.6) is 0 Å². The summed E-state index contributed by atoms with van der Waals surface area (Å²) in [7, 11) is 0. The molecule has 58 heavy (non-hydrogen) atoms. The molecule has 2 aliphatic heterocycles. The smallest absolute Gasteiger partial charge is 0.247 e. The van der Waals surface area contributed by atoms with E-state index in [-0.39, 0.29) is 6.71 Å². The summed E-state index contributed by atoms with van der Waals surface area (Å²) in [6, 6.07) is 57.8. The maximum absolute atomic E-state index is 6.78. The van der Waals surface area contributed by atoms with Crippen molar-refractivity contribution < 1.29 is 8.83 Å². The van der Waals surface area contributed by atoms with Gasteiger partial charge in [0.25, 0.3) is 0 Å². The fourth-order valence-corrected chi connectivity index (χ4v) is 10.5. The molecule has 0 aliphatic carbocycles. The van der Waals surface area contributed by atoms with Crippen LogP contribution < -0.4 is 26.2 Å². The largest absolute Gasteiger partial charge is 0.456 e. The summed E-state index contributed by atoms with van der Waals surface area (Å²) in [5.41, 5.74) is 18.3. The van der Waals surface area contributed by atoms with E-state index in [2.05, 4.69) is 188 Å². The lowest BCUT2D eigenvalue weighted by Gasteiger charge is -2.45. The Balaban J connectivity index is 1.10. The average molecular weight is 743 g/mol. The molecule has 272 valence electrons. The van der Waals surface area contributed by atoms with Gasteiger partial charge < -0.3 is 18.6 Å².